The van der Waals surface area contributed by atoms with E-state index < -0.39 is 10.0 Å². The van der Waals surface area contributed by atoms with E-state index in [1.807, 2.05) is 0 Å². The molecule has 1 rings (SSSR count). The van der Waals surface area contributed by atoms with E-state index in [1.165, 1.54) is 23.9 Å². The van der Waals surface area contributed by atoms with Crippen LogP contribution in [0.25, 0.3) is 0 Å². The van der Waals surface area contributed by atoms with Crippen molar-refractivity contribution < 1.29 is 8.42 Å². The first-order chi connectivity index (χ1) is 9.40. The predicted molar refractivity (Wildman–Crippen MR) is 80.9 cm³/mol. The number of rotatable bonds is 9. The van der Waals surface area contributed by atoms with Crippen molar-refractivity contribution >= 4 is 15.8 Å². The number of sulfonamides is 1. The molecule has 0 amide bonds. The number of hydrogen-bond acceptors (Lipinski definition) is 4. The minimum Gasteiger partial charge on any atom is -0.381 e. The first-order valence-corrected chi connectivity index (χ1v) is 8.67. The van der Waals surface area contributed by atoms with Crippen LogP contribution in [-0.4, -0.2) is 24.7 Å². The standard InChI is InChI=1S/C13H26N4O2S/c1-4-5-6-7-8-9-10-15-20(18,19)12-11(2)17(3)16-13(12)14/h15H,4-10H2,1-3H3,(H2,14,16). The molecule has 20 heavy (non-hydrogen) atoms. The zero-order chi connectivity index (χ0) is 15.2. The van der Waals surface area contributed by atoms with Gasteiger partial charge in [-0.15, -0.1) is 0 Å². The normalized spacial score (nSPS) is 11.9. The number of aromatic nitrogens is 2. The molecule has 0 atom stereocenters. The minimum absolute atomic E-state index is 0.0560. The van der Waals surface area contributed by atoms with Crippen molar-refractivity contribution in [1.82, 2.24) is 14.5 Å². The Morgan fingerprint density at radius 2 is 1.80 bits per heavy atom. The first kappa shape index (κ1) is 17.0. The van der Waals surface area contributed by atoms with Crippen molar-refractivity contribution in [3.63, 3.8) is 0 Å². The quantitative estimate of drug-likeness (QED) is 0.682. The van der Waals surface area contributed by atoms with Crippen molar-refractivity contribution in [2.45, 2.75) is 57.3 Å². The van der Waals surface area contributed by atoms with Crippen LogP contribution in [0.2, 0.25) is 0 Å². The summed E-state index contributed by atoms with van der Waals surface area (Å²) in [5.74, 6) is 0.0560. The van der Waals surface area contributed by atoms with E-state index in [0.717, 1.165) is 19.3 Å². The summed E-state index contributed by atoms with van der Waals surface area (Å²) in [6, 6.07) is 0. The van der Waals surface area contributed by atoms with Gasteiger partial charge in [0.1, 0.15) is 4.90 Å². The van der Waals surface area contributed by atoms with E-state index in [2.05, 4.69) is 16.7 Å². The fraction of sp³-hybridized carbons (Fsp3) is 0.769. The molecule has 0 bridgehead atoms. The molecule has 0 aliphatic heterocycles. The maximum absolute atomic E-state index is 12.2. The molecule has 0 aliphatic rings. The van der Waals surface area contributed by atoms with E-state index >= 15 is 0 Å². The highest BCUT2D eigenvalue weighted by Crippen LogP contribution is 2.20. The summed E-state index contributed by atoms with van der Waals surface area (Å²) in [7, 11) is -1.88. The van der Waals surface area contributed by atoms with E-state index in [0.29, 0.717) is 12.2 Å². The number of anilines is 1. The second-order valence-corrected chi connectivity index (χ2v) is 6.79. The highest BCUT2D eigenvalue weighted by Gasteiger charge is 2.23. The van der Waals surface area contributed by atoms with Crippen LogP contribution in [0.4, 0.5) is 5.82 Å². The molecule has 0 aliphatic carbocycles. The lowest BCUT2D eigenvalue weighted by Crippen LogP contribution is -2.26. The van der Waals surface area contributed by atoms with Gasteiger partial charge in [-0.3, -0.25) is 4.68 Å². The molecule has 6 nitrogen and oxygen atoms in total. The van der Waals surface area contributed by atoms with Gasteiger partial charge in [0.25, 0.3) is 0 Å². The molecule has 0 fully saturated rings. The summed E-state index contributed by atoms with van der Waals surface area (Å²) >= 11 is 0. The van der Waals surface area contributed by atoms with Crippen LogP contribution in [0.1, 0.15) is 51.1 Å². The average Bonchev–Trinajstić information content (AvgIpc) is 2.62. The summed E-state index contributed by atoms with van der Waals surface area (Å²) in [4.78, 5) is 0.103. The maximum atomic E-state index is 12.2. The van der Waals surface area contributed by atoms with Gasteiger partial charge >= 0.3 is 0 Å². The molecule has 1 aromatic heterocycles. The monoisotopic (exact) mass is 302 g/mol. The van der Waals surface area contributed by atoms with Gasteiger partial charge in [0, 0.05) is 13.6 Å². The summed E-state index contributed by atoms with van der Waals surface area (Å²) in [6.07, 6.45) is 6.73. The summed E-state index contributed by atoms with van der Waals surface area (Å²) < 4.78 is 28.4. The number of nitrogen functional groups attached to an aromatic ring is 1. The fourth-order valence-corrected chi connectivity index (χ4v) is 3.53. The number of hydrogen-bond donors (Lipinski definition) is 2. The van der Waals surface area contributed by atoms with Gasteiger partial charge in [-0.05, 0) is 13.3 Å². The molecule has 0 unspecified atom stereocenters. The number of nitrogens with zero attached hydrogens (tertiary/aromatic N) is 2. The number of nitrogens with two attached hydrogens (primary N) is 1. The Labute approximate surface area is 121 Å². The number of aryl methyl sites for hydroxylation is 1. The predicted octanol–water partition coefficient (Wildman–Crippen LogP) is 1.95. The molecule has 0 saturated carbocycles. The number of nitrogens with one attached hydrogen (secondary N) is 1. The molecular weight excluding hydrogens is 276 g/mol. The Morgan fingerprint density at radius 3 is 2.35 bits per heavy atom. The molecule has 0 spiro atoms. The molecule has 1 aromatic rings. The van der Waals surface area contributed by atoms with Crippen molar-refractivity contribution in [2.24, 2.45) is 7.05 Å². The summed E-state index contributed by atoms with van der Waals surface area (Å²) in [5, 5.41) is 3.93. The molecule has 0 saturated heterocycles. The van der Waals surface area contributed by atoms with Crippen LogP contribution in [0, 0.1) is 6.92 Å². The molecule has 0 radical (unpaired) electrons. The lowest BCUT2D eigenvalue weighted by Gasteiger charge is -2.07. The van der Waals surface area contributed by atoms with Crippen LogP contribution in [0.15, 0.2) is 4.90 Å². The molecule has 1 heterocycles. The van der Waals surface area contributed by atoms with Crippen molar-refractivity contribution in [1.29, 1.82) is 0 Å². The number of unbranched alkanes of at least 4 members (excludes halogenated alkanes) is 5. The van der Waals surface area contributed by atoms with Crippen molar-refractivity contribution in [3.05, 3.63) is 5.69 Å². The van der Waals surface area contributed by atoms with Crippen LogP contribution in [0.5, 0.6) is 0 Å². The lowest BCUT2D eigenvalue weighted by molar-refractivity contribution is 0.567. The first-order valence-electron chi connectivity index (χ1n) is 7.19. The Bertz CT molecular complexity index is 523. The van der Waals surface area contributed by atoms with Gasteiger partial charge in [-0.25, -0.2) is 13.1 Å². The maximum Gasteiger partial charge on any atom is 0.246 e. The molecular formula is C13H26N4O2S. The average molecular weight is 302 g/mol. The highest BCUT2D eigenvalue weighted by atomic mass is 32.2. The molecule has 7 heteroatoms. The van der Waals surface area contributed by atoms with E-state index in [4.69, 9.17) is 5.73 Å². The molecule has 116 valence electrons. The van der Waals surface area contributed by atoms with Crippen LogP contribution >= 0.6 is 0 Å². The van der Waals surface area contributed by atoms with Gasteiger partial charge in [0.15, 0.2) is 5.82 Å². The van der Waals surface area contributed by atoms with Crippen molar-refractivity contribution in [3.8, 4) is 0 Å². The van der Waals surface area contributed by atoms with E-state index in [9.17, 15) is 8.42 Å². The highest BCUT2D eigenvalue weighted by molar-refractivity contribution is 7.89. The molecule has 0 aromatic carbocycles. The van der Waals surface area contributed by atoms with Gasteiger partial charge < -0.3 is 5.73 Å². The topological polar surface area (TPSA) is 90.0 Å². The minimum atomic E-state index is -3.56. The Hall–Kier alpha value is -1.08. The third kappa shape index (κ3) is 4.49. The fourth-order valence-electron chi connectivity index (χ4n) is 2.13. The van der Waals surface area contributed by atoms with Crippen LogP contribution < -0.4 is 10.5 Å². The van der Waals surface area contributed by atoms with Crippen LogP contribution in [-0.2, 0) is 17.1 Å². The van der Waals surface area contributed by atoms with Gasteiger partial charge in [0.2, 0.25) is 10.0 Å². The Kier molecular flexibility index (Phi) is 6.48. The lowest BCUT2D eigenvalue weighted by atomic mass is 10.1. The SMILES string of the molecule is CCCCCCCCNS(=O)(=O)c1c(N)nn(C)c1C. The van der Waals surface area contributed by atoms with Gasteiger partial charge in [0.05, 0.1) is 5.69 Å². The second-order valence-electron chi connectivity index (χ2n) is 5.09. The van der Waals surface area contributed by atoms with Gasteiger partial charge in [-0.2, -0.15) is 5.10 Å². The molecule has 3 N–H and O–H groups in total. The summed E-state index contributed by atoms with van der Waals surface area (Å²) in [5.41, 5.74) is 6.22. The zero-order valence-corrected chi connectivity index (χ0v) is 13.5. The third-order valence-corrected chi connectivity index (χ3v) is 5.02. The third-order valence-electron chi connectivity index (χ3n) is 3.40. The van der Waals surface area contributed by atoms with Crippen LogP contribution in [0.3, 0.4) is 0 Å². The zero-order valence-electron chi connectivity index (χ0n) is 12.6. The largest absolute Gasteiger partial charge is 0.381 e. The van der Waals surface area contributed by atoms with Gasteiger partial charge in [-0.1, -0.05) is 39.0 Å². The van der Waals surface area contributed by atoms with E-state index in [-0.39, 0.29) is 10.7 Å². The second kappa shape index (κ2) is 7.64. The Morgan fingerprint density at radius 1 is 1.20 bits per heavy atom. The van der Waals surface area contributed by atoms with Crippen molar-refractivity contribution in [2.75, 3.05) is 12.3 Å². The van der Waals surface area contributed by atoms with E-state index in [1.54, 1.807) is 14.0 Å². The smallest absolute Gasteiger partial charge is 0.246 e. The summed E-state index contributed by atoms with van der Waals surface area (Å²) in [6.45, 7) is 4.32. The Balaban J connectivity index is 2.46.